The Bertz CT molecular complexity index is 819. The number of benzene rings is 2. The molecule has 1 amide bonds. The van der Waals surface area contributed by atoms with Gasteiger partial charge in [-0.25, -0.2) is 4.98 Å². The van der Waals surface area contributed by atoms with E-state index in [0.717, 1.165) is 16.9 Å². The van der Waals surface area contributed by atoms with Crippen LogP contribution in [0.15, 0.2) is 59.8 Å². The van der Waals surface area contributed by atoms with Gasteiger partial charge in [0.25, 0.3) is 0 Å². The van der Waals surface area contributed by atoms with Crippen molar-refractivity contribution in [3.05, 3.63) is 60.2 Å². The average Bonchev–Trinajstić information content (AvgIpc) is 3.14. The summed E-state index contributed by atoms with van der Waals surface area (Å²) in [5.74, 6) is 1.67. The largest absolute Gasteiger partial charge is 0.497 e. The predicted octanol–water partition coefficient (Wildman–Crippen LogP) is 2.89. The van der Waals surface area contributed by atoms with Crippen molar-refractivity contribution >= 4 is 17.7 Å². The van der Waals surface area contributed by atoms with Gasteiger partial charge in [-0.05, 0) is 29.8 Å². The Morgan fingerprint density at radius 3 is 2.64 bits per heavy atom. The molecule has 0 atom stereocenters. The zero-order chi connectivity index (χ0) is 17.5. The fourth-order valence-electron chi connectivity index (χ4n) is 2.17. The lowest BCUT2D eigenvalue weighted by Gasteiger charge is -2.03. The van der Waals surface area contributed by atoms with Gasteiger partial charge in [0.2, 0.25) is 11.1 Å². The molecule has 0 bridgehead atoms. The van der Waals surface area contributed by atoms with E-state index in [9.17, 15) is 4.79 Å². The Labute approximate surface area is 150 Å². The van der Waals surface area contributed by atoms with Gasteiger partial charge in [0.1, 0.15) is 5.75 Å². The molecule has 7 heteroatoms. The van der Waals surface area contributed by atoms with E-state index in [0.29, 0.717) is 17.5 Å². The lowest BCUT2D eigenvalue weighted by molar-refractivity contribution is -0.118. The number of amides is 1. The van der Waals surface area contributed by atoms with E-state index in [-0.39, 0.29) is 11.7 Å². The maximum absolute atomic E-state index is 11.9. The van der Waals surface area contributed by atoms with E-state index in [4.69, 9.17) is 4.74 Å². The molecule has 3 rings (SSSR count). The Morgan fingerprint density at radius 2 is 1.92 bits per heavy atom. The summed E-state index contributed by atoms with van der Waals surface area (Å²) in [5.41, 5.74) is 1.98. The molecule has 0 aliphatic heterocycles. The van der Waals surface area contributed by atoms with Crippen molar-refractivity contribution in [3.63, 3.8) is 0 Å². The minimum Gasteiger partial charge on any atom is -0.497 e. The Hall–Kier alpha value is -2.80. The number of hydrogen-bond donors (Lipinski definition) is 2. The third kappa shape index (κ3) is 4.84. The highest BCUT2D eigenvalue weighted by atomic mass is 32.2. The van der Waals surface area contributed by atoms with Gasteiger partial charge in [-0.15, -0.1) is 5.10 Å². The molecule has 25 heavy (non-hydrogen) atoms. The first-order chi connectivity index (χ1) is 12.2. The molecule has 0 radical (unpaired) electrons. The molecule has 6 nitrogen and oxygen atoms in total. The number of nitrogens with zero attached hydrogens (tertiary/aromatic N) is 2. The lowest BCUT2D eigenvalue weighted by atomic mass is 10.2. The second-order valence-electron chi connectivity index (χ2n) is 5.25. The maximum atomic E-state index is 11.9. The van der Waals surface area contributed by atoms with Crippen LogP contribution in [0.25, 0.3) is 11.4 Å². The molecule has 0 spiro atoms. The summed E-state index contributed by atoms with van der Waals surface area (Å²) in [6, 6.07) is 17.3. The fraction of sp³-hybridized carbons (Fsp3) is 0.167. The number of carbonyl (C=O) groups excluding carboxylic acids is 1. The monoisotopic (exact) mass is 354 g/mol. The lowest BCUT2D eigenvalue weighted by Crippen LogP contribution is -2.24. The van der Waals surface area contributed by atoms with E-state index in [2.05, 4.69) is 20.5 Å². The third-order valence-corrected chi connectivity index (χ3v) is 4.34. The molecule has 1 aromatic heterocycles. The van der Waals surface area contributed by atoms with Crippen molar-refractivity contribution in [1.29, 1.82) is 0 Å². The van der Waals surface area contributed by atoms with E-state index in [1.165, 1.54) is 11.8 Å². The van der Waals surface area contributed by atoms with Crippen molar-refractivity contribution in [1.82, 2.24) is 20.5 Å². The number of H-pyrrole nitrogens is 1. The average molecular weight is 354 g/mol. The van der Waals surface area contributed by atoms with Crippen molar-refractivity contribution in [2.75, 3.05) is 12.9 Å². The van der Waals surface area contributed by atoms with Crippen LogP contribution in [0.4, 0.5) is 0 Å². The molecule has 128 valence electrons. The minimum absolute atomic E-state index is 0.0512. The van der Waals surface area contributed by atoms with Gasteiger partial charge in [0.15, 0.2) is 5.82 Å². The molecule has 0 aliphatic rings. The summed E-state index contributed by atoms with van der Waals surface area (Å²) < 4.78 is 5.14. The summed E-state index contributed by atoms with van der Waals surface area (Å²) in [7, 11) is 1.63. The number of aromatic nitrogens is 3. The molecule has 2 aromatic carbocycles. The second-order valence-corrected chi connectivity index (χ2v) is 6.19. The highest BCUT2D eigenvalue weighted by molar-refractivity contribution is 7.99. The smallest absolute Gasteiger partial charge is 0.230 e. The SMILES string of the molecule is COc1ccc(-c2nc(SCC(=O)NCc3ccccc3)n[nH]2)cc1. The number of thioether (sulfide) groups is 1. The van der Waals surface area contributed by atoms with Crippen molar-refractivity contribution < 1.29 is 9.53 Å². The first-order valence-electron chi connectivity index (χ1n) is 7.75. The van der Waals surface area contributed by atoms with Crippen molar-refractivity contribution in [2.45, 2.75) is 11.7 Å². The predicted molar refractivity (Wildman–Crippen MR) is 97.4 cm³/mol. The van der Waals surface area contributed by atoms with Crippen LogP contribution in [0, 0.1) is 0 Å². The third-order valence-electron chi connectivity index (χ3n) is 3.49. The van der Waals surface area contributed by atoms with Gasteiger partial charge in [0, 0.05) is 12.1 Å². The van der Waals surface area contributed by atoms with Gasteiger partial charge >= 0.3 is 0 Å². The molecule has 3 aromatic rings. The molecule has 0 saturated heterocycles. The quantitative estimate of drug-likeness (QED) is 0.638. The fourth-order valence-corrected chi connectivity index (χ4v) is 2.79. The molecule has 1 heterocycles. The first-order valence-corrected chi connectivity index (χ1v) is 8.73. The molecule has 0 fully saturated rings. The molecule has 0 unspecified atom stereocenters. The highest BCUT2D eigenvalue weighted by Crippen LogP contribution is 2.21. The van der Waals surface area contributed by atoms with Crippen LogP contribution in [-0.4, -0.2) is 34.0 Å². The number of ether oxygens (including phenoxy) is 1. The number of hydrogen-bond acceptors (Lipinski definition) is 5. The van der Waals surface area contributed by atoms with Crippen LogP contribution >= 0.6 is 11.8 Å². The van der Waals surface area contributed by atoms with Crippen LogP contribution in [0.3, 0.4) is 0 Å². The summed E-state index contributed by atoms with van der Waals surface area (Å²) >= 11 is 1.30. The van der Waals surface area contributed by atoms with Crippen LogP contribution in [-0.2, 0) is 11.3 Å². The Morgan fingerprint density at radius 1 is 1.16 bits per heavy atom. The van der Waals surface area contributed by atoms with Crippen LogP contribution in [0.1, 0.15) is 5.56 Å². The normalized spacial score (nSPS) is 10.4. The molecular formula is C18H18N4O2S. The summed E-state index contributed by atoms with van der Waals surface area (Å²) in [4.78, 5) is 16.3. The van der Waals surface area contributed by atoms with Crippen molar-refractivity contribution in [3.8, 4) is 17.1 Å². The maximum Gasteiger partial charge on any atom is 0.230 e. The van der Waals surface area contributed by atoms with Crippen LogP contribution in [0.2, 0.25) is 0 Å². The molecule has 0 aliphatic carbocycles. The second kappa shape index (κ2) is 8.34. The van der Waals surface area contributed by atoms with E-state index < -0.39 is 0 Å². The number of rotatable bonds is 7. The number of nitrogens with one attached hydrogen (secondary N) is 2. The topological polar surface area (TPSA) is 79.9 Å². The zero-order valence-corrected chi connectivity index (χ0v) is 14.5. The van der Waals surface area contributed by atoms with Crippen molar-refractivity contribution in [2.24, 2.45) is 0 Å². The van der Waals surface area contributed by atoms with E-state index in [1.54, 1.807) is 7.11 Å². The molecule has 2 N–H and O–H groups in total. The Balaban J connectivity index is 1.50. The zero-order valence-electron chi connectivity index (χ0n) is 13.7. The van der Waals surface area contributed by atoms with Gasteiger partial charge in [-0.3, -0.25) is 9.89 Å². The van der Waals surface area contributed by atoms with E-state index in [1.807, 2.05) is 54.6 Å². The summed E-state index contributed by atoms with van der Waals surface area (Å²) in [6.45, 7) is 0.519. The van der Waals surface area contributed by atoms with E-state index >= 15 is 0 Å². The summed E-state index contributed by atoms with van der Waals surface area (Å²) in [6.07, 6.45) is 0. The molecular weight excluding hydrogens is 336 g/mol. The first kappa shape index (κ1) is 17.0. The van der Waals surface area contributed by atoms with Crippen LogP contribution in [0.5, 0.6) is 5.75 Å². The Kier molecular flexibility index (Phi) is 5.69. The van der Waals surface area contributed by atoms with Gasteiger partial charge in [-0.1, -0.05) is 42.1 Å². The standard InChI is InChI=1S/C18H18N4O2S/c1-24-15-9-7-14(8-10-15)17-20-18(22-21-17)25-12-16(23)19-11-13-5-3-2-4-6-13/h2-10H,11-12H2,1H3,(H,19,23)(H,20,21,22). The molecule has 0 saturated carbocycles. The number of methoxy groups -OCH3 is 1. The van der Waals surface area contributed by atoms with Gasteiger partial charge < -0.3 is 10.1 Å². The van der Waals surface area contributed by atoms with Crippen LogP contribution < -0.4 is 10.1 Å². The number of carbonyl (C=O) groups is 1. The number of aromatic amines is 1. The van der Waals surface area contributed by atoms with Gasteiger partial charge in [0.05, 0.1) is 12.9 Å². The van der Waals surface area contributed by atoms with Gasteiger partial charge in [-0.2, -0.15) is 0 Å². The minimum atomic E-state index is -0.0512. The highest BCUT2D eigenvalue weighted by Gasteiger charge is 2.09. The summed E-state index contributed by atoms with van der Waals surface area (Å²) in [5, 5.41) is 10.5.